The van der Waals surface area contributed by atoms with Crippen molar-refractivity contribution in [3.05, 3.63) is 53.8 Å². The molecule has 0 aliphatic heterocycles. The number of imidazole rings is 1. The van der Waals surface area contributed by atoms with Crippen molar-refractivity contribution >= 4 is 51.2 Å². The Labute approximate surface area is 226 Å². The smallest absolute Gasteiger partial charge is 0.321 e. The summed E-state index contributed by atoms with van der Waals surface area (Å²) in [5, 5.41) is 22.4. The van der Waals surface area contributed by atoms with Gasteiger partial charge in [0.25, 0.3) is 5.91 Å². The van der Waals surface area contributed by atoms with E-state index in [4.69, 9.17) is 0 Å². The number of thiazole rings is 1. The topological polar surface area (TPSA) is 150 Å². The molecule has 4 aromatic heterocycles. The van der Waals surface area contributed by atoms with Gasteiger partial charge in [0.2, 0.25) is 0 Å². The molecule has 14 heteroatoms. The molecule has 4 heterocycles. The van der Waals surface area contributed by atoms with Crippen molar-refractivity contribution < 1.29 is 14.0 Å². The minimum atomic E-state index is -0.628. The Morgan fingerprint density at radius 1 is 0.923 bits per heavy atom. The Kier molecular flexibility index (Phi) is 6.92. The minimum Gasteiger partial charge on any atom is -0.379 e. The van der Waals surface area contributed by atoms with Crippen molar-refractivity contribution in [2.75, 3.05) is 21.3 Å². The number of carbonyl (C=O) groups excluding carboxylic acids is 2. The summed E-state index contributed by atoms with van der Waals surface area (Å²) in [6, 6.07) is 3.64. The first kappa shape index (κ1) is 25.0. The third-order valence-electron chi connectivity index (χ3n) is 6.73. The molecule has 0 aromatic carbocycles. The average molecular weight is 551 g/mol. The number of anilines is 4. The second-order valence-electron chi connectivity index (χ2n) is 9.68. The molecule has 0 saturated heterocycles. The van der Waals surface area contributed by atoms with E-state index in [0.29, 0.717) is 22.6 Å². The van der Waals surface area contributed by atoms with Crippen LogP contribution in [0, 0.1) is 5.82 Å². The molecule has 0 radical (unpaired) electrons. The third kappa shape index (κ3) is 5.90. The van der Waals surface area contributed by atoms with Crippen LogP contribution in [-0.2, 0) is 0 Å². The second-order valence-corrected chi connectivity index (χ2v) is 10.6. The Balaban J connectivity index is 1.14. The van der Waals surface area contributed by atoms with Crippen LogP contribution < -0.4 is 26.6 Å². The van der Waals surface area contributed by atoms with Crippen LogP contribution in [0.25, 0.3) is 5.65 Å². The largest absolute Gasteiger partial charge is 0.379 e. The number of fused-ring (bicyclic) bond motifs is 1. The summed E-state index contributed by atoms with van der Waals surface area (Å²) < 4.78 is 15.5. The van der Waals surface area contributed by atoms with Crippen LogP contribution in [0.3, 0.4) is 0 Å². The summed E-state index contributed by atoms with van der Waals surface area (Å²) >= 11 is 1.37. The second kappa shape index (κ2) is 10.8. The van der Waals surface area contributed by atoms with Crippen LogP contribution in [0.4, 0.5) is 31.5 Å². The highest BCUT2D eigenvalue weighted by Crippen LogP contribution is 2.30. The number of aromatic nitrogens is 5. The summed E-state index contributed by atoms with van der Waals surface area (Å²) in [7, 11) is 0. The maximum atomic E-state index is 14.1. The van der Waals surface area contributed by atoms with E-state index < -0.39 is 11.7 Å². The van der Waals surface area contributed by atoms with Crippen LogP contribution in [0.15, 0.2) is 42.3 Å². The normalized spacial score (nSPS) is 18.9. The molecular formula is C25H27FN10O2S. The lowest BCUT2D eigenvalue weighted by Gasteiger charge is -2.30. The quantitative estimate of drug-likeness (QED) is 0.220. The van der Waals surface area contributed by atoms with Gasteiger partial charge in [-0.1, -0.05) is 0 Å². The molecule has 5 N–H and O–H groups in total. The number of urea groups is 1. The Hall–Kier alpha value is -4.33. The molecule has 39 heavy (non-hydrogen) atoms. The van der Waals surface area contributed by atoms with E-state index in [2.05, 4.69) is 46.6 Å². The standard InChI is InChI=1S/C25H27FN10O2S/c26-17-12-27-8-7-18(17)33-23(37)20-13-29-22-19(30-14-1-2-14)11-21(35-36(20)22)31-15-3-5-16(6-4-15)32-24(38)34-25-28-9-10-39-25/h7-16,30H,1-6H2,(H,31,35)(H,27,33,37)(H2,28,32,34,38)/t15-,16-. The lowest BCUT2D eigenvalue weighted by molar-refractivity contribution is 0.102. The molecule has 2 aliphatic carbocycles. The predicted octanol–water partition coefficient (Wildman–Crippen LogP) is 4.09. The maximum absolute atomic E-state index is 14.1. The van der Waals surface area contributed by atoms with Gasteiger partial charge in [-0.25, -0.2) is 23.7 Å². The van der Waals surface area contributed by atoms with Gasteiger partial charge in [0.15, 0.2) is 22.3 Å². The van der Waals surface area contributed by atoms with E-state index in [9.17, 15) is 14.0 Å². The van der Waals surface area contributed by atoms with Gasteiger partial charge in [-0.05, 0) is 44.6 Å². The number of nitrogens with one attached hydrogen (secondary N) is 5. The number of carbonyl (C=O) groups is 2. The highest BCUT2D eigenvalue weighted by atomic mass is 32.1. The van der Waals surface area contributed by atoms with Crippen LogP contribution in [0.2, 0.25) is 0 Å². The van der Waals surface area contributed by atoms with Gasteiger partial charge in [0.1, 0.15) is 5.82 Å². The van der Waals surface area contributed by atoms with Crippen LogP contribution in [0.1, 0.15) is 49.0 Å². The molecule has 0 unspecified atom stereocenters. The molecule has 4 aromatic rings. The first-order valence-electron chi connectivity index (χ1n) is 12.8. The van der Waals surface area contributed by atoms with Crippen molar-refractivity contribution in [2.24, 2.45) is 0 Å². The van der Waals surface area contributed by atoms with E-state index in [1.165, 1.54) is 34.3 Å². The summed E-state index contributed by atoms with van der Waals surface area (Å²) in [5.74, 6) is -0.556. The number of pyridine rings is 1. The zero-order valence-corrected chi connectivity index (χ0v) is 21.7. The van der Waals surface area contributed by atoms with Crippen LogP contribution in [0.5, 0.6) is 0 Å². The molecule has 6 rings (SSSR count). The van der Waals surface area contributed by atoms with Crippen molar-refractivity contribution in [2.45, 2.75) is 56.7 Å². The van der Waals surface area contributed by atoms with E-state index in [-0.39, 0.29) is 29.5 Å². The molecule has 2 fully saturated rings. The average Bonchev–Trinajstić information content (AvgIpc) is 3.39. The number of halogens is 1. The fraction of sp³-hybridized carbons (Fsp3) is 0.360. The third-order valence-corrected chi connectivity index (χ3v) is 7.41. The SMILES string of the molecule is O=C(Nc1nccs1)N[C@H]1CC[C@H](Nc2cc(NC3CC3)c3ncc(C(=O)Nc4ccncc4F)n3n2)CC1. The molecule has 202 valence electrons. The van der Waals surface area contributed by atoms with Crippen molar-refractivity contribution in [3.63, 3.8) is 0 Å². The molecular weight excluding hydrogens is 523 g/mol. The molecule has 2 saturated carbocycles. The highest BCUT2D eigenvalue weighted by molar-refractivity contribution is 7.13. The number of nitrogens with zero attached hydrogens (tertiary/aromatic N) is 5. The van der Waals surface area contributed by atoms with Gasteiger partial charge < -0.3 is 21.3 Å². The summed E-state index contributed by atoms with van der Waals surface area (Å²) in [6.45, 7) is 0. The lowest BCUT2D eigenvalue weighted by atomic mass is 9.91. The highest BCUT2D eigenvalue weighted by Gasteiger charge is 2.26. The summed E-state index contributed by atoms with van der Waals surface area (Å²) in [4.78, 5) is 37.5. The fourth-order valence-electron chi connectivity index (χ4n) is 4.61. The van der Waals surface area contributed by atoms with E-state index in [0.717, 1.165) is 50.4 Å². The molecule has 12 nitrogen and oxygen atoms in total. The summed E-state index contributed by atoms with van der Waals surface area (Å²) in [6.07, 6.45) is 11.0. The molecule has 0 bridgehead atoms. The minimum absolute atomic E-state index is 0.0289. The Morgan fingerprint density at radius 2 is 1.69 bits per heavy atom. The van der Waals surface area contributed by atoms with Gasteiger partial charge >= 0.3 is 6.03 Å². The van der Waals surface area contributed by atoms with Gasteiger partial charge in [-0.3, -0.25) is 15.1 Å². The zero-order valence-electron chi connectivity index (χ0n) is 20.9. The van der Waals surface area contributed by atoms with Crippen molar-refractivity contribution in [3.8, 4) is 0 Å². The van der Waals surface area contributed by atoms with Gasteiger partial charge in [-0.2, -0.15) is 0 Å². The van der Waals surface area contributed by atoms with E-state index in [1.54, 1.807) is 6.20 Å². The van der Waals surface area contributed by atoms with Crippen LogP contribution >= 0.6 is 11.3 Å². The van der Waals surface area contributed by atoms with Gasteiger partial charge in [-0.15, -0.1) is 16.4 Å². The zero-order chi connectivity index (χ0) is 26.8. The number of hydrogen-bond donors (Lipinski definition) is 5. The first-order valence-corrected chi connectivity index (χ1v) is 13.7. The van der Waals surface area contributed by atoms with Crippen LogP contribution in [-0.4, -0.2) is 54.6 Å². The lowest BCUT2D eigenvalue weighted by Crippen LogP contribution is -2.42. The van der Waals surface area contributed by atoms with E-state index >= 15 is 0 Å². The molecule has 2 aliphatic rings. The molecule has 0 spiro atoms. The van der Waals surface area contributed by atoms with Gasteiger partial charge in [0, 0.05) is 42.0 Å². The number of amides is 3. The Bertz CT molecular complexity index is 1480. The maximum Gasteiger partial charge on any atom is 0.321 e. The monoisotopic (exact) mass is 550 g/mol. The Morgan fingerprint density at radius 3 is 2.44 bits per heavy atom. The number of hydrogen-bond acceptors (Lipinski definition) is 9. The molecule has 0 atom stereocenters. The first-order chi connectivity index (χ1) is 19.0. The van der Waals surface area contributed by atoms with Crippen molar-refractivity contribution in [1.29, 1.82) is 0 Å². The van der Waals surface area contributed by atoms with Gasteiger partial charge in [0.05, 0.1) is 23.8 Å². The number of rotatable bonds is 8. The fourth-order valence-corrected chi connectivity index (χ4v) is 5.13. The molecule has 3 amide bonds. The van der Waals surface area contributed by atoms with E-state index in [1.807, 2.05) is 11.4 Å². The summed E-state index contributed by atoms with van der Waals surface area (Å²) in [5.41, 5.74) is 1.51. The predicted molar refractivity (Wildman–Crippen MR) is 146 cm³/mol. The van der Waals surface area contributed by atoms with Crippen molar-refractivity contribution in [1.82, 2.24) is 29.9 Å².